The summed E-state index contributed by atoms with van der Waals surface area (Å²) >= 11 is 0. The predicted molar refractivity (Wildman–Crippen MR) is 89.1 cm³/mol. The number of nitrogens with two attached hydrogens (primary N) is 1. The number of ether oxygens (including phenoxy) is 1. The maximum absolute atomic E-state index is 11.4. The van der Waals surface area contributed by atoms with Crippen molar-refractivity contribution in [2.45, 2.75) is 32.6 Å². The number of benzene rings is 1. The van der Waals surface area contributed by atoms with Gasteiger partial charge in [0.15, 0.2) is 5.84 Å². The Balaban J connectivity index is 1.87. The minimum Gasteiger partial charge on any atom is -0.483 e. The molecule has 0 aliphatic rings. The van der Waals surface area contributed by atoms with Crippen LogP contribution in [0.5, 0.6) is 5.75 Å². The van der Waals surface area contributed by atoms with Crippen molar-refractivity contribution in [3.8, 4) is 5.75 Å². The maximum atomic E-state index is 11.4. The van der Waals surface area contributed by atoms with E-state index in [4.69, 9.17) is 15.3 Å². The van der Waals surface area contributed by atoms with Gasteiger partial charge in [-0.3, -0.25) is 4.98 Å². The molecule has 0 saturated heterocycles. The number of hydrogen-bond donors (Lipinski definition) is 1. The van der Waals surface area contributed by atoms with E-state index in [1.807, 2.05) is 24.3 Å². The van der Waals surface area contributed by atoms with Crippen LogP contribution in [0, 0.1) is 0 Å². The van der Waals surface area contributed by atoms with Crippen molar-refractivity contribution >= 4 is 22.7 Å². The molecule has 122 valence electrons. The standard InChI is InChI=1S/C17H21N3O3/c1-2-3-4-10-16(21)23-20-15(18)12-22-14-9-5-7-13-8-6-11-19-17(13)14/h5-9,11H,2-4,10,12H2,1H3,(H2,18,20). The van der Waals surface area contributed by atoms with Crippen LogP contribution in [-0.2, 0) is 9.63 Å². The van der Waals surface area contributed by atoms with Crippen LogP contribution in [-0.4, -0.2) is 23.4 Å². The third kappa shape index (κ3) is 5.25. The lowest BCUT2D eigenvalue weighted by Crippen LogP contribution is -2.22. The molecule has 0 unspecified atom stereocenters. The highest BCUT2D eigenvalue weighted by Gasteiger charge is 2.05. The molecule has 2 rings (SSSR count). The van der Waals surface area contributed by atoms with E-state index in [1.54, 1.807) is 12.3 Å². The summed E-state index contributed by atoms with van der Waals surface area (Å²) in [5.74, 6) is 0.325. The number of amidine groups is 1. The molecule has 1 aromatic carbocycles. The van der Waals surface area contributed by atoms with Gasteiger partial charge in [0.1, 0.15) is 17.9 Å². The minimum absolute atomic E-state index is 0.0257. The van der Waals surface area contributed by atoms with Crippen LogP contribution < -0.4 is 10.5 Å². The molecule has 0 radical (unpaired) electrons. The summed E-state index contributed by atoms with van der Waals surface area (Å²) in [6.45, 7) is 2.10. The Kier molecular flexibility index (Phi) is 6.35. The molecule has 0 fully saturated rings. The summed E-state index contributed by atoms with van der Waals surface area (Å²) in [5.41, 5.74) is 6.45. The molecule has 0 spiro atoms. The van der Waals surface area contributed by atoms with Crippen molar-refractivity contribution in [2.24, 2.45) is 10.9 Å². The zero-order valence-corrected chi connectivity index (χ0v) is 13.2. The first-order chi connectivity index (χ1) is 11.2. The lowest BCUT2D eigenvalue weighted by Gasteiger charge is -2.07. The second-order valence-electron chi connectivity index (χ2n) is 5.12. The fourth-order valence-electron chi connectivity index (χ4n) is 2.05. The van der Waals surface area contributed by atoms with Gasteiger partial charge >= 0.3 is 5.97 Å². The summed E-state index contributed by atoms with van der Waals surface area (Å²) < 4.78 is 5.60. The minimum atomic E-state index is -0.381. The first-order valence-corrected chi connectivity index (χ1v) is 7.69. The number of fused-ring (bicyclic) bond motifs is 1. The lowest BCUT2D eigenvalue weighted by atomic mass is 10.2. The third-order valence-corrected chi connectivity index (χ3v) is 3.22. The van der Waals surface area contributed by atoms with Crippen LogP contribution in [0.4, 0.5) is 0 Å². The van der Waals surface area contributed by atoms with Gasteiger partial charge in [0, 0.05) is 18.0 Å². The highest BCUT2D eigenvalue weighted by atomic mass is 16.7. The second-order valence-corrected chi connectivity index (χ2v) is 5.12. The van der Waals surface area contributed by atoms with Crippen LogP contribution in [0.1, 0.15) is 32.6 Å². The van der Waals surface area contributed by atoms with E-state index in [0.717, 1.165) is 30.2 Å². The lowest BCUT2D eigenvalue weighted by molar-refractivity contribution is -0.143. The predicted octanol–water partition coefficient (Wildman–Crippen LogP) is 3.01. The molecule has 0 aliphatic carbocycles. The van der Waals surface area contributed by atoms with E-state index in [2.05, 4.69) is 17.1 Å². The molecule has 6 nitrogen and oxygen atoms in total. The van der Waals surface area contributed by atoms with Gasteiger partial charge in [0.05, 0.1) is 0 Å². The van der Waals surface area contributed by atoms with Crippen LogP contribution in [0.2, 0.25) is 0 Å². The summed E-state index contributed by atoms with van der Waals surface area (Å²) in [5, 5.41) is 4.57. The monoisotopic (exact) mass is 315 g/mol. The highest BCUT2D eigenvalue weighted by molar-refractivity contribution is 5.86. The molecule has 23 heavy (non-hydrogen) atoms. The molecule has 2 N–H and O–H groups in total. The topological polar surface area (TPSA) is 86.8 Å². The number of hydrogen-bond acceptors (Lipinski definition) is 5. The Hall–Kier alpha value is -2.63. The number of rotatable bonds is 8. The molecule has 6 heteroatoms. The average Bonchev–Trinajstić information content (AvgIpc) is 2.58. The molecule has 2 aromatic rings. The zero-order chi connectivity index (χ0) is 16.5. The summed E-state index contributed by atoms with van der Waals surface area (Å²) in [4.78, 5) is 20.5. The Bertz CT molecular complexity index is 680. The summed E-state index contributed by atoms with van der Waals surface area (Å²) in [6, 6.07) is 9.44. The first kappa shape index (κ1) is 16.7. The van der Waals surface area contributed by atoms with Crippen LogP contribution in [0.3, 0.4) is 0 Å². The number of aromatic nitrogens is 1. The van der Waals surface area contributed by atoms with E-state index in [-0.39, 0.29) is 18.4 Å². The molecular weight excluding hydrogens is 294 g/mol. The Morgan fingerprint density at radius 3 is 2.91 bits per heavy atom. The molecule has 0 aliphatic heterocycles. The van der Waals surface area contributed by atoms with Crippen molar-refractivity contribution in [1.29, 1.82) is 0 Å². The first-order valence-electron chi connectivity index (χ1n) is 7.69. The SMILES string of the molecule is CCCCCC(=O)O/N=C(\N)COc1cccc2cccnc12. The van der Waals surface area contributed by atoms with Crippen molar-refractivity contribution < 1.29 is 14.4 Å². The number of para-hydroxylation sites is 1. The Morgan fingerprint density at radius 2 is 2.09 bits per heavy atom. The Labute approximate surface area is 135 Å². The third-order valence-electron chi connectivity index (χ3n) is 3.22. The van der Waals surface area contributed by atoms with Crippen molar-refractivity contribution in [1.82, 2.24) is 4.98 Å². The van der Waals surface area contributed by atoms with Gasteiger partial charge < -0.3 is 15.3 Å². The largest absolute Gasteiger partial charge is 0.483 e. The van der Waals surface area contributed by atoms with Gasteiger partial charge in [-0.2, -0.15) is 0 Å². The Morgan fingerprint density at radius 1 is 1.26 bits per heavy atom. The quantitative estimate of drug-likeness (QED) is 0.266. The molecule has 0 saturated carbocycles. The van der Waals surface area contributed by atoms with E-state index in [1.165, 1.54) is 0 Å². The maximum Gasteiger partial charge on any atom is 0.335 e. The van der Waals surface area contributed by atoms with Crippen LogP contribution >= 0.6 is 0 Å². The summed E-state index contributed by atoms with van der Waals surface area (Å²) in [7, 11) is 0. The molecule has 1 aromatic heterocycles. The van der Waals surface area contributed by atoms with Crippen molar-refractivity contribution in [2.75, 3.05) is 6.61 Å². The summed E-state index contributed by atoms with van der Waals surface area (Å²) in [6.07, 6.45) is 4.88. The number of nitrogens with zero attached hydrogens (tertiary/aromatic N) is 2. The van der Waals surface area contributed by atoms with Crippen LogP contribution in [0.25, 0.3) is 10.9 Å². The fraction of sp³-hybridized carbons (Fsp3) is 0.353. The van der Waals surface area contributed by atoms with Crippen molar-refractivity contribution in [3.63, 3.8) is 0 Å². The van der Waals surface area contributed by atoms with Crippen molar-refractivity contribution in [3.05, 3.63) is 36.5 Å². The normalized spacial score (nSPS) is 11.4. The number of unbranched alkanes of at least 4 members (excludes halogenated alkanes) is 2. The smallest absolute Gasteiger partial charge is 0.335 e. The highest BCUT2D eigenvalue weighted by Crippen LogP contribution is 2.22. The van der Waals surface area contributed by atoms with Gasteiger partial charge in [0.25, 0.3) is 0 Å². The van der Waals surface area contributed by atoms with Gasteiger partial charge in [-0.1, -0.05) is 43.1 Å². The number of pyridine rings is 1. The average molecular weight is 315 g/mol. The molecule has 1 heterocycles. The number of oxime groups is 1. The van der Waals surface area contributed by atoms with Crippen LogP contribution in [0.15, 0.2) is 41.7 Å². The molecular formula is C17H21N3O3. The number of carbonyl (C=O) groups excluding carboxylic acids is 1. The zero-order valence-electron chi connectivity index (χ0n) is 13.2. The van der Waals surface area contributed by atoms with E-state index in [0.29, 0.717) is 12.2 Å². The second kappa shape index (κ2) is 8.73. The fourth-order valence-corrected chi connectivity index (χ4v) is 2.05. The van der Waals surface area contributed by atoms with Gasteiger partial charge in [0.2, 0.25) is 0 Å². The molecule has 0 bridgehead atoms. The number of carbonyl (C=O) groups is 1. The van der Waals surface area contributed by atoms with E-state index in [9.17, 15) is 4.79 Å². The van der Waals surface area contributed by atoms with Gasteiger partial charge in [-0.05, 0) is 18.6 Å². The van der Waals surface area contributed by atoms with E-state index < -0.39 is 0 Å². The molecule has 0 atom stereocenters. The van der Waals surface area contributed by atoms with E-state index >= 15 is 0 Å². The molecule has 0 amide bonds. The van der Waals surface area contributed by atoms with Gasteiger partial charge in [-0.15, -0.1) is 0 Å². The van der Waals surface area contributed by atoms with Gasteiger partial charge in [-0.25, -0.2) is 4.79 Å².